The number of anilines is 2. The summed E-state index contributed by atoms with van der Waals surface area (Å²) >= 11 is 5.89. The lowest BCUT2D eigenvalue weighted by Crippen LogP contribution is -2.33. The number of carbonyl (C=O) groups excluding carboxylic acids is 3. The van der Waals surface area contributed by atoms with Crippen molar-refractivity contribution in [2.45, 2.75) is 33.6 Å². The van der Waals surface area contributed by atoms with Crippen LogP contribution in [0.5, 0.6) is 0 Å². The van der Waals surface area contributed by atoms with Crippen LogP contribution in [0.4, 0.5) is 11.4 Å². The second-order valence-corrected chi connectivity index (χ2v) is 6.91. The predicted molar refractivity (Wildman–Crippen MR) is 115 cm³/mol. The number of benzene rings is 2. The molecule has 152 valence electrons. The fourth-order valence-corrected chi connectivity index (χ4v) is 2.67. The van der Waals surface area contributed by atoms with E-state index in [4.69, 9.17) is 11.6 Å². The molecular weight excluding hydrogens is 392 g/mol. The van der Waals surface area contributed by atoms with Crippen LogP contribution in [0.1, 0.15) is 31.4 Å². The zero-order valence-corrected chi connectivity index (χ0v) is 17.3. The van der Waals surface area contributed by atoms with Crippen LogP contribution >= 0.6 is 11.6 Å². The quantitative estimate of drug-likeness (QED) is 0.382. The Kier molecular flexibility index (Phi) is 7.91. The minimum absolute atomic E-state index is 0.0392. The van der Waals surface area contributed by atoms with Gasteiger partial charge in [-0.05, 0) is 61.7 Å². The van der Waals surface area contributed by atoms with Crippen LogP contribution in [0, 0.1) is 6.92 Å². The van der Waals surface area contributed by atoms with Crippen molar-refractivity contribution >= 4 is 46.4 Å². The Hall–Kier alpha value is -3.19. The molecular formula is C21H23ClN4O3. The number of nitrogens with one attached hydrogen (secondary N) is 3. The molecule has 0 fully saturated rings. The van der Waals surface area contributed by atoms with Crippen LogP contribution in [0.3, 0.4) is 0 Å². The van der Waals surface area contributed by atoms with Gasteiger partial charge >= 0.3 is 11.8 Å². The van der Waals surface area contributed by atoms with Gasteiger partial charge in [-0.1, -0.05) is 30.7 Å². The van der Waals surface area contributed by atoms with Gasteiger partial charge < -0.3 is 10.6 Å². The third kappa shape index (κ3) is 7.04. The molecule has 0 aromatic heterocycles. The number of rotatable bonds is 6. The van der Waals surface area contributed by atoms with E-state index in [0.717, 1.165) is 17.5 Å². The largest absolute Gasteiger partial charge is 0.329 e. The van der Waals surface area contributed by atoms with Crippen LogP contribution in [-0.2, 0) is 20.8 Å². The van der Waals surface area contributed by atoms with Crippen molar-refractivity contribution < 1.29 is 14.4 Å². The molecule has 0 radical (unpaired) electrons. The van der Waals surface area contributed by atoms with Crippen LogP contribution < -0.4 is 16.1 Å². The highest BCUT2D eigenvalue weighted by Crippen LogP contribution is 2.19. The lowest BCUT2D eigenvalue weighted by molar-refractivity contribution is -0.136. The number of hydrogen-bond donors (Lipinski definition) is 3. The Morgan fingerprint density at radius 1 is 1.00 bits per heavy atom. The summed E-state index contributed by atoms with van der Waals surface area (Å²) < 4.78 is 0. The van der Waals surface area contributed by atoms with Crippen molar-refractivity contribution in [3.05, 3.63) is 58.6 Å². The molecule has 0 aliphatic heterocycles. The van der Waals surface area contributed by atoms with Crippen LogP contribution in [0.25, 0.3) is 0 Å². The smallest absolute Gasteiger partial charge is 0.326 e. The predicted octanol–water partition coefficient (Wildman–Crippen LogP) is 3.67. The standard InChI is InChI=1S/C21H23ClN4O3/c1-4-15-5-8-17(9-6-15)23-20(28)21(29)26-25-14(3)12-19(27)24-18-10-7-16(22)11-13(18)2/h5-11H,4,12H2,1-3H3,(H,23,28)(H,24,27)(H,26,29)/b25-14-. The SMILES string of the molecule is CCc1ccc(NC(=O)C(=O)N/N=C(/C)CC(=O)Nc2ccc(Cl)cc2C)cc1. The summed E-state index contributed by atoms with van der Waals surface area (Å²) in [5, 5.41) is 9.63. The van der Waals surface area contributed by atoms with Gasteiger partial charge in [-0.2, -0.15) is 5.10 Å². The molecule has 7 nitrogen and oxygen atoms in total. The van der Waals surface area contributed by atoms with Crippen molar-refractivity contribution in [3.8, 4) is 0 Å². The molecule has 2 aromatic rings. The Morgan fingerprint density at radius 2 is 1.69 bits per heavy atom. The second kappa shape index (κ2) is 10.4. The first-order chi connectivity index (χ1) is 13.8. The van der Waals surface area contributed by atoms with Gasteiger partial charge in [0.1, 0.15) is 0 Å². The zero-order chi connectivity index (χ0) is 21.4. The van der Waals surface area contributed by atoms with Crippen LogP contribution in [0.2, 0.25) is 5.02 Å². The topological polar surface area (TPSA) is 99.7 Å². The third-order valence-corrected chi connectivity index (χ3v) is 4.29. The number of hydrazone groups is 1. The number of nitrogens with zero attached hydrogens (tertiary/aromatic N) is 1. The molecule has 0 unspecified atom stereocenters. The lowest BCUT2D eigenvalue weighted by Gasteiger charge is -2.09. The molecule has 3 amide bonds. The second-order valence-electron chi connectivity index (χ2n) is 6.48. The number of amides is 3. The van der Waals surface area contributed by atoms with Gasteiger partial charge in [-0.15, -0.1) is 0 Å². The van der Waals surface area contributed by atoms with Crippen molar-refractivity contribution in [2.75, 3.05) is 10.6 Å². The minimum Gasteiger partial charge on any atom is -0.326 e. The maximum atomic E-state index is 12.1. The number of carbonyl (C=O) groups is 3. The molecule has 0 saturated heterocycles. The molecule has 29 heavy (non-hydrogen) atoms. The molecule has 0 atom stereocenters. The average molecular weight is 415 g/mol. The fourth-order valence-electron chi connectivity index (χ4n) is 2.44. The monoisotopic (exact) mass is 414 g/mol. The van der Waals surface area contributed by atoms with E-state index in [1.165, 1.54) is 0 Å². The first-order valence-electron chi connectivity index (χ1n) is 9.08. The van der Waals surface area contributed by atoms with Gasteiger partial charge in [-0.25, -0.2) is 5.43 Å². The number of halogens is 1. The van der Waals surface area contributed by atoms with Crippen LogP contribution in [0.15, 0.2) is 47.6 Å². The first-order valence-corrected chi connectivity index (χ1v) is 9.45. The van der Waals surface area contributed by atoms with Crippen molar-refractivity contribution in [2.24, 2.45) is 5.10 Å². The summed E-state index contributed by atoms with van der Waals surface area (Å²) in [5.41, 5.74) is 5.62. The minimum atomic E-state index is -0.919. The lowest BCUT2D eigenvalue weighted by atomic mass is 10.1. The molecule has 0 aliphatic rings. The normalized spacial score (nSPS) is 11.0. The van der Waals surface area contributed by atoms with Crippen molar-refractivity contribution in [1.82, 2.24) is 5.43 Å². The maximum absolute atomic E-state index is 12.1. The number of hydrogen-bond acceptors (Lipinski definition) is 4. The molecule has 8 heteroatoms. The van der Waals surface area contributed by atoms with E-state index in [1.54, 1.807) is 37.3 Å². The summed E-state index contributed by atoms with van der Waals surface area (Å²) in [6, 6.07) is 12.3. The summed E-state index contributed by atoms with van der Waals surface area (Å²) in [6.45, 7) is 5.44. The summed E-state index contributed by atoms with van der Waals surface area (Å²) in [7, 11) is 0. The Bertz CT molecular complexity index is 939. The Balaban J connectivity index is 1.84. The van der Waals surface area contributed by atoms with Crippen molar-refractivity contribution in [1.29, 1.82) is 0 Å². The Labute approximate surface area is 174 Å². The maximum Gasteiger partial charge on any atom is 0.329 e. The van der Waals surface area contributed by atoms with Gasteiger partial charge in [-0.3, -0.25) is 14.4 Å². The molecule has 0 bridgehead atoms. The van der Waals surface area contributed by atoms with Gasteiger partial charge in [0.25, 0.3) is 0 Å². The van der Waals surface area contributed by atoms with E-state index in [0.29, 0.717) is 22.1 Å². The van der Waals surface area contributed by atoms with Gasteiger partial charge in [0.05, 0.1) is 6.42 Å². The van der Waals surface area contributed by atoms with Gasteiger partial charge in [0, 0.05) is 22.1 Å². The van der Waals surface area contributed by atoms with E-state index in [1.807, 2.05) is 26.0 Å². The first kappa shape index (κ1) is 22.1. The van der Waals surface area contributed by atoms with E-state index < -0.39 is 11.8 Å². The zero-order valence-electron chi connectivity index (χ0n) is 16.5. The average Bonchev–Trinajstić information content (AvgIpc) is 2.68. The highest BCUT2D eigenvalue weighted by Gasteiger charge is 2.14. The van der Waals surface area contributed by atoms with Crippen LogP contribution in [-0.4, -0.2) is 23.4 Å². The Morgan fingerprint density at radius 3 is 2.31 bits per heavy atom. The van der Waals surface area contributed by atoms with Gasteiger partial charge in [0.2, 0.25) is 5.91 Å². The van der Waals surface area contributed by atoms with Gasteiger partial charge in [0.15, 0.2) is 0 Å². The third-order valence-electron chi connectivity index (χ3n) is 4.05. The van der Waals surface area contributed by atoms with E-state index in [-0.39, 0.29) is 12.3 Å². The van der Waals surface area contributed by atoms with E-state index in [2.05, 4.69) is 21.2 Å². The van der Waals surface area contributed by atoms with E-state index >= 15 is 0 Å². The molecule has 3 N–H and O–H groups in total. The van der Waals surface area contributed by atoms with Crippen molar-refractivity contribution in [3.63, 3.8) is 0 Å². The molecule has 2 rings (SSSR count). The summed E-state index contributed by atoms with van der Waals surface area (Å²) in [4.78, 5) is 35.9. The highest BCUT2D eigenvalue weighted by molar-refractivity contribution is 6.39. The molecule has 0 heterocycles. The molecule has 2 aromatic carbocycles. The molecule has 0 spiro atoms. The number of aryl methyl sites for hydroxylation is 2. The highest BCUT2D eigenvalue weighted by atomic mass is 35.5. The van der Waals surface area contributed by atoms with E-state index in [9.17, 15) is 14.4 Å². The summed E-state index contributed by atoms with van der Waals surface area (Å²) in [5.74, 6) is -2.06. The summed E-state index contributed by atoms with van der Waals surface area (Å²) in [6.07, 6.45) is 0.844. The molecule has 0 aliphatic carbocycles. The fraction of sp³-hybridized carbons (Fsp3) is 0.238. The molecule has 0 saturated carbocycles.